The number of amides is 1. The number of oxazole rings is 1. The van der Waals surface area contributed by atoms with Gasteiger partial charge < -0.3 is 14.1 Å². The van der Waals surface area contributed by atoms with Gasteiger partial charge in [-0.25, -0.2) is 4.79 Å². The van der Waals surface area contributed by atoms with Gasteiger partial charge in [-0.05, 0) is 55.2 Å². The summed E-state index contributed by atoms with van der Waals surface area (Å²) in [5.41, 5.74) is 2.72. The minimum absolute atomic E-state index is 0.0145. The molecule has 1 amide bonds. The molecule has 1 fully saturated rings. The van der Waals surface area contributed by atoms with Crippen LogP contribution in [0.3, 0.4) is 0 Å². The molecule has 6 nitrogen and oxygen atoms in total. The fourth-order valence-electron chi connectivity index (χ4n) is 3.64. The maximum atomic E-state index is 13.0. The van der Waals surface area contributed by atoms with Crippen molar-refractivity contribution in [3.8, 4) is 5.75 Å². The number of ether oxygens (including phenoxy) is 1. The first kappa shape index (κ1) is 16.4. The molecule has 134 valence electrons. The first-order valence-electron chi connectivity index (χ1n) is 8.71. The molecule has 6 heteroatoms. The Morgan fingerprint density at radius 2 is 2.19 bits per heavy atom. The van der Waals surface area contributed by atoms with Gasteiger partial charge in [0.1, 0.15) is 5.75 Å². The highest BCUT2D eigenvalue weighted by atomic mass is 16.5. The molecule has 1 N–H and O–H groups in total. The van der Waals surface area contributed by atoms with E-state index in [2.05, 4.69) is 11.1 Å². The van der Waals surface area contributed by atoms with E-state index < -0.39 is 5.76 Å². The molecular formula is C20H20N2O4. The number of hydrogen-bond donors (Lipinski definition) is 1. The van der Waals surface area contributed by atoms with Crippen molar-refractivity contribution >= 4 is 17.0 Å². The molecule has 2 aromatic carbocycles. The number of nitrogens with zero attached hydrogens (tertiary/aromatic N) is 1. The Bertz CT molecular complexity index is 1000. The van der Waals surface area contributed by atoms with Crippen molar-refractivity contribution in [2.24, 2.45) is 0 Å². The minimum atomic E-state index is -0.512. The molecule has 0 saturated carbocycles. The molecule has 0 bridgehead atoms. The lowest BCUT2D eigenvalue weighted by atomic mass is 10.0. The summed E-state index contributed by atoms with van der Waals surface area (Å²) in [6.45, 7) is 0.743. The smallest absolute Gasteiger partial charge is 0.417 e. The van der Waals surface area contributed by atoms with Crippen LogP contribution in [0.4, 0.5) is 0 Å². The maximum absolute atomic E-state index is 13.0. The highest BCUT2D eigenvalue weighted by Crippen LogP contribution is 2.25. The Labute approximate surface area is 150 Å². The number of hydrogen-bond acceptors (Lipinski definition) is 4. The molecule has 1 aromatic heterocycles. The number of nitrogens with one attached hydrogen (secondary N) is 1. The van der Waals surface area contributed by atoms with Gasteiger partial charge in [-0.15, -0.1) is 0 Å². The molecule has 1 saturated heterocycles. The maximum Gasteiger partial charge on any atom is 0.417 e. The van der Waals surface area contributed by atoms with Gasteiger partial charge in [0.25, 0.3) is 5.91 Å². The van der Waals surface area contributed by atoms with Crippen molar-refractivity contribution in [1.29, 1.82) is 0 Å². The van der Waals surface area contributed by atoms with Crippen molar-refractivity contribution in [3.63, 3.8) is 0 Å². The van der Waals surface area contributed by atoms with E-state index in [0.717, 1.165) is 37.1 Å². The second-order valence-corrected chi connectivity index (χ2v) is 6.58. The second kappa shape index (κ2) is 6.71. The monoisotopic (exact) mass is 352 g/mol. The molecule has 1 aliphatic heterocycles. The number of benzene rings is 2. The van der Waals surface area contributed by atoms with Crippen LogP contribution in [0.25, 0.3) is 11.1 Å². The van der Waals surface area contributed by atoms with Gasteiger partial charge in [-0.1, -0.05) is 12.1 Å². The first-order valence-corrected chi connectivity index (χ1v) is 8.71. The summed E-state index contributed by atoms with van der Waals surface area (Å²) in [4.78, 5) is 28.8. The van der Waals surface area contributed by atoms with Gasteiger partial charge in [0.05, 0.1) is 12.6 Å². The van der Waals surface area contributed by atoms with E-state index in [4.69, 9.17) is 9.15 Å². The summed E-state index contributed by atoms with van der Waals surface area (Å²) in [5.74, 6) is 0.300. The van der Waals surface area contributed by atoms with Gasteiger partial charge >= 0.3 is 5.76 Å². The number of aromatic nitrogens is 1. The molecule has 1 unspecified atom stereocenters. The van der Waals surface area contributed by atoms with E-state index in [9.17, 15) is 9.59 Å². The number of carbonyl (C=O) groups excluding carboxylic acids is 1. The lowest BCUT2D eigenvalue weighted by Crippen LogP contribution is -2.36. The summed E-state index contributed by atoms with van der Waals surface area (Å²) in [7, 11) is 1.65. The van der Waals surface area contributed by atoms with E-state index in [1.807, 2.05) is 23.1 Å². The molecule has 1 atom stereocenters. The van der Waals surface area contributed by atoms with Crippen molar-refractivity contribution in [1.82, 2.24) is 9.88 Å². The molecule has 1 aliphatic rings. The summed E-state index contributed by atoms with van der Waals surface area (Å²) < 4.78 is 10.3. The Hall–Kier alpha value is -3.02. The van der Waals surface area contributed by atoms with Crippen LogP contribution in [-0.4, -0.2) is 35.5 Å². The van der Waals surface area contributed by atoms with Crippen LogP contribution in [0.5, 0.6) is 5.75 Å². The lowest BCUT2D eigenvalue weighted by molar-refractivity contribution is 0.0736. The molecule has 4 rings (SSSR count). The van der Waals surface area contributed by atoms with Gasteiger partial charge in [0.2, 0.25) is 0 Å². The number of carbonyl (C=O) groups is 1. The normalized spacial score (nSPS) is 17.0. The molecule has 0 spiro atoms. The summed E-state index contributed by atoms with van der Waals surface area (Å²) in [6, 6.07) is 13.2. The van der Waals surface area contributed by atoms with E-state index in [1.54, 1.807) is 25.3 Å². The summed E-state index contributed by atoms with van der Waals surface area (Å²) in [5, 5.41) is 0. The Balaban J connectivity index is 1.56. The van der Waals surface area contributed by atoms with E-state index in [-0.39, 0.29) is 11.9 Å². The number of fused-ring (bicyclic) bond motifs is 1. The van der Waals surface area contributed by atoms with Gasteiger partial charge in [0.15, 0.2) is 5.58 Å². The Morgan fingerprint density at radius 3 is 3.04 bits per heavy atom. The molecule has 0 radical (unpaired) electrons. The lowest BCUT2D eigenvalue weighted by Gasteiger charge is -2.25. The third-order valence-electron chi connectivity index (χ3n) is 4.91. The van der Waals surface area contributed by atoms with Crippen molar-refractivity contribution in [3.05, 3.63) is 64.1 Å². The van der Waals surface area contributed by atoms with Crippen LogP contribution in [-0.2, 0) is 6.42 Å². The predicted octanol–water partition coefficient (Wildman–Crippen LogP) is 2.98. The largest absolute Gasteiger partial charge is 0.497 e. The van der Waals surface area contributed by atoms with Crippen LogP contribution in [0.15, 0.2) is 51.7 Å². The zero-order chi connectivity index (χ0) is 18.1. The summed E-state index contributed by atoms with van der Waals surface area (Å²) >= 11 is 0. The molecule has 3 aromatic rings. The van der Waals surface area contributed by atoms with E-state index in [1.165, 1.54) is 0 Å². The van der Waals surface area contributed by atoms with Crippen molar-refractivity contribution in [2.75, 3.05) is 13.7 Å². The highest BCUT2D eigenvalue weighted by molar-refractivity contribution is 5.97. The van der Waals surface area contributed by atoms with Crippen LogP contribution < -0.4 is 10.5 Å². The van der Waals surface area contributed by atoms with Crippen molar-refractivity contribution < 1.29 is 13.9 Å². The fourth-order valence-corrected chi connectivity index (χ4v) is 3.64. The number of methoxy groups -OCH3 is 1. The first-order chi connectivity index (χ1) is 12.6. The number of rotatable bonds is 4. The Morgan fingerprint density at radius 1 is 1.31 bits per heavy atom. The van der Waals surface area contributed by atoms with Crippen molar-refractivity contribution in [2.45, 2.75) is 25.3 Å². The fraction of sp³-hybridized carbons (Fsp3) is 0.300. The van der Waals surface area contributed by atoms with Crippen LogP contribution in [0, 0.1) is 0 Å². The zero-order valence-corrected chi connectivity index (χ0v) is 14.5. The van der Waals surface area contributed by atoms with Gasteiger partial charge in [0, 0.05) is 18.2 Å². The number of H-pyrrole nitrogens is 1. The zero-order valence-electron chi connectivity index (χ0n) is 14.5. The molecule has 2 heterocycles. The van der Waals surface area contributed by atoms with Gasteiger partial charge in [-0.3, -0.25) is 9.78 Å². The third-order valence-corrected chi connectivity index (χ3v) is 4.91. The summed E-state index contributed by atoms with van der Waals surface area (Å²) in [6.07, 6.45) is 2.77. The van der Waals surface area contributed by atoms with Crippen LogP contribution >= 0.6 is 0 Å². The van der Waals surface area contributed by atoms with Crippen LogP contribution in [0.2, 0.25) is 0 Å². The third kappa shape index (κ3) is 3.10. The average Bonchev–Trinajstić information content (AvgIpc) is 3.25. The highest BCUT2D eigenvalue weighted by Gasteiger charge is 2.29. The van der Waals surface area contributed by atoms with E-state index >= 15 is 0 Å². The molecule has 26 heavy (non-hydrogen) atoms. The van der Waals surface area contributed by atoms with E-state index in [0.29, 0.717) is 16.7 Å². The predicted molar refractivity (Wildman–Crippen MR) is 97.6 cm³/mol. The molecule has 0 aliphatic carbocycles. The SMILES string of the molecule is COc1cccc(CC2CCCN2C(=O)c2ccc3oc(=O)[nH]c3c2)c1. The average molecular weight is 352 g/mol. The number of likely N-dealkylation sites (tertiary alicyclic amines) is 1. The number of aromatic amines is 1. The minimum Gasteiger partial charge on any atom is -0.497 e. The topological polar surface area (TPSA) is 75.5 Å². The standard InChI is InChI=1S/C20H20N2O4/c1-25-16-6-2-4-13(11-16)10-15-5-3-9-22(15)19(23)14-7-8-18-17(12-14)21-20(24)26-18/h2,4,6-8,11-12,15H,3,5,9-10H2,1H3,(H,21,24). The Kier molecular flexibility index (Phi) is 4.24. The van der Waals surface area contributed by atoms with Gasteiger partial charge in [-0.2, -0.15) is 0 Å². The second-order valence-electron chi connectivity index (χ2n) is 6.58. The van der Waals surface area contributed by atoms with Crippen LogP contribution in [0.1, 0.15) is 28.8 Å². The molecular weight excluding hydrogens is 332 g/mol. The quantitative estimate of drug-likeness (QED) is 0.783.